The zero-order chi connectivity index (χ0) is 11.8. The van der Waals surface area contributed by atoms with Gasteiger partial charge in [-0.15, -0.1) is 0 Å². The minimum atomic E-state index is 0.0122. The number of benzene rings is 2. The van der Waals surface area contributed by atoms with Crippen LogP contribution < -0.4 is 0 Å². The Bertz CT molecular complexity index is 517. The summed E-state index contributed by atoms with van der Waals surface area (Å²) in [6.07, 6.45) is 2.10. The van der Waals surface area contributed by atoms with Gasteiger partial charge in [-0.2, -0.15) is 11.8 Å². The van der Waals surface area contributed by atoms with E-state index in [0.29, 0.717) is 5.75 Å². The predicted molar refractivity (Wildman–Crippen MR) is 72.2 cm³/mol. The molecular weight excluding hydrogens is 216 g/mol. The number of fused-ring (bicyclic) bond motifs is 1. The molecule has 0 aliphatic carbocycles. The van der Waals surface area contributed by atoms with Gasteiger partial charge >= 0.3 is 0 Å². The van der Waals surface area contributed by atoms with Crippen molar-refractivity contribution in [3.05, 3.63) is 42.0 Å². The summed E-state index contributed by atoms with van der Waals surface area (Å²) in [5, 5.41) is 12.1. The molecule has 84 valence electrons. The molecule has 2 aromatic rings. The van der Waals surface area contributed by atoms with Crippen LogP contribution in [0.1, 0.15) is 19.4 Å². The molecule has 0 bridgehead atoms. The van der Waals surface area contributed by atoms with Crippen molar-refractivity contribution >= 4 is 22.5 Å². The highest BCUT2D eigenvalue weighted by atomic mass is 32.2. The van der Waals surface area contributed by atoms with Gasteiger partial charge < -0.3 is 5.11 Å². The minimum absolute atomic E-state index is 0.0122. The Labute approximate surface area is 100 Å². The lowest BCUT2D eigenvalue weighted by molar-refractivity contribution is 0.474. The number of phenols is 1. The van der Waals surface area contributed by atoms with Crippen LogP contribution in [0.25, 0.3) is 10.8 Å². The molecule has 0 aromatic heterocycles. The van der Waals surface area contributed by atoms with Crippen molar-refractivity contribution in [2.75, 3.05) is 6.26 Å². The number of thioether (sulfide) groups is 1. The Morgan fingerprint density at radius 2 is 1.81 bits per heavy atom. The van der Waals surface area contributed by atoms with Crippen molar-refractivity contribution in [3.63, 3.8) is 0 Å². The van der Waals surface area contributed by atoms with E-state index in [1.807, 2.05) is 30.3 Å². The van der Waals surface area contributed by atoms with Gasteiger partial charge in [-0.25, -0.2) is 0 Å². The Kier molecular flexibility index (Phi) is 2.85. The Morgan fingerprint density at radius 1 is 1.12 bits per heavy atom. The maximum atomic E-state index is 9.76. The molecule has 1 nitrogen and oxygen atoms in total. The summed E-state index contributed by atoms with van der Waals surface area (Å²) in [5.74, 6) is 0.343. The Balaban J connectivity index is 2.77. The fourth-order valence-corrected chi connectivity index (χ4v) is 2.29. The summed E-state index contributed by atoms with van der Waals surface area (Å²) in [5.41, 5.74) is 1.19. The van der Waals surface area contributed by atoms with Gasteiger partial charge in [0.2, 0.25) is 0 Å². The molecule has 2 rings (SSSR count). The summed E-state index contributed by atoms with van der Waals surface area (Å²) >= 11 is 1.79. The molecule has 0 heterocycles. The maximum absolute atomic E-state index is 9.76. The normalized spacial score (nSPS) is 11.9. The number of aromatic hydroxyl groups is 1. The van der Waals surface area contributed by atoms with E-state index in [1.165, 1.54) is 10.9 Å². The van der Waals surface area contributed by atoms with Crippen molar-refractivity contribution in [2.45, 2.75) is 18.6 Å². The first kappa shape index (κ1) is 11.3. The standard InChI is InChI=1S/C14H16OS/c1-14(2,16-3)13-9-11(15)8-10-6-4-5-7-12(10)13/h4-9,15H,1-3H3. The van der Waals surface area contributed by atoms with Crippen LogP contribution >= 0.6 is 11.8 Å². The number of phenolic OH excluding ortho intramolecular Hbond substituents is 1. The zero-order valence-electron chi connectivity index (χ0n) is 9.82. The van der Waals surface area contributed by atoms with E-state index in [2.05, 4.69) is 26.2 Å². The summed E-state index contributed by atoms with van der Waals surface area (Å²) in [6.45, 7) is 4.36. The molecule has 2 aromatic carbocycles. The average molecular weight is 232 g/mol. The lowest BCUT2D eigenvalue weighted by atomic mass is 9.95. The van der Waals surface area contributed by atoms with E-state index in [0.717, 1.165) is 5.39 Å². The SMILES string of the molecule is CSC(C)(C)c1cc(O)cc2ccccc12. The van der Waals surface area contributed by atoms with Crippen molar-refractivity contribution in [3.8, 4) is 5.75 Å². The average Bonchev–Trinajstić information content (AvgIpc) is 2.28. The van der Waals surface area contributed by atoms with Crippen LogP contribution in [0.15, 0.2) is 36.4 Å². The lowest BCUT2D eigenvalue weighted by Gasteiger charge is -2.24. The second kappa shape index (κ2) is 4.02. The van der Waals surface area contributed by atoms with Gasteiger partial charge in [-0.05, 0) is 48.6 Å². The smallest absolute Gasteiger partial charge is 0.116 e. The summed E-state index contributed by atoms with van der Waals surface area (Å²) in [7, 11) is 0. The fourth-order valence-electron chi connectivity index (χ4n) is 1.90. The molecule has 0 saturated carbocycles. The molecule has 2 heteroatoms. The van der Waals surface area contributed by atoms with Crippen LogP contribution in [0.3, 0.4) is 0 Å². The molecule has 16 heavy (non-hydrogen) atoms. The molecule has 0 amide bonds. The molecule has 1 N–H and O–H groups in total. The first-order valence-electron chi connectivity index (χ1n) is 5.32. The molecular formula is C14H16OS. The second-order valence-electron chi connectivity index (χ2n) is 4.43. The van der Waals surface area contributed by atoms with E-state index in [9.17, 15) is 5.11 Å². The van der Waals surface area contributed by atoms with Gasteiger partial charge in [-0.3, -0.25) is 0 Å². The highest BCUT2D eigenvalue weighted by molar-refractivity contribution is 7.99. The van der Waals surface area contributed by atoms with Gasteiger partial charge in [0, 0.05) is 4.75 Å². The van der Waals surface area contributed by atoms with Gasteiger partial charge in [0.15, 0.2) is 0 Å². The third-order valence-corrected chi connectivity index (χ3v) is 4.25. The molecule has 0 fully saturated rings. The van der Waals surface area contributed by atoms with E-state index < -0.39 is 0 Å². The molecule has 0 aliphatic heterocycles. The highest BCUT2D eigenvalue weighted by Crippen LogP contribution is 2.39. The number of hydrogen-bond donors (Lipinski definition) is 1. The quantitative estimate of drug-likeness (QED) is 0.839. The van der Waals surface area contributed by atoms with E-state index in [4.69, 9.17) is 0 Å². The monoisotopic (exact) mass is 232 g/mol. The zero-order valence-corrected chi connectivity index (χ0v) is 10.6. The first-order valence-corrected chi connectivity index (χ1v) is 6.54. The Hall–Kier alpha value is -1.15. The third kappa shape index (κ3) is 1.90. The molecule has 0 aliphatic rings. The van der Waals surface area contributed by atoms with Crippen LogP contribution in [0, 0.1) is 0 Å². The van der Waals surface area contributed by atoms with Crippen LogP contribution in [0.2, 0.25) is 0 Å². The fraction of sp³-hybridized carbons (Fsp3) is 0.286. The molecule has 0 saturated heterocycles. The summed E-state index contributed by atoms with van der Waals surface area (Å²) in [4.78, 5) is 0. The second-order valence-corrected chi connectivity index (χ2v) is 5.86. The van der Waals surface area contributed by atoms with Gasteiger partial charge in [0.1, 0.15) is 5.75 Å². The van der Waals surface area contributed by atoms with Gasteiger partial charge in [0.25, 0.3) is 0 Å². The minimum Gasteiger partial charge on any atom is -0.508 e. The third-order valence-electron chi connectivity index (χ3n) is 3.01. The van der Waals surface area contributed by atoms with Crippen molar-refractivity contribution in [1.82, 2.24) is 0 Å². The van der Waals surface area contributed by atoms with E-state index >= 15 is 0 Å². The largest absolute Gasteiger partial charge is 0.508 e. The highest BCUT2D eigenvalue weighted by Gasteiger charge is 2.21. The number of hydrogen-bond acceptors (Lipinski definition) is 2. The Morgan fingerprint density at radius 3 is 2.50 bits per heavy atom. The molecule has 0 radical (unpaired) electrons. The van der Waals surface area contributed by atoms with Crippen molar-refractivity contribution in [1.29, 1.82) is 0 Å². The maximum Gasteiger partial charge on any atom is 0.116 e. The first-order chi connectivity index (χ1) is 7.54. The number of rotatable bonds is 2. The van der Waals surface area contributed by atoms with E-state index in [-0.39, 0.29) is 4.75 Å². The predicted octanol–water partition coefficient (Wildman–Crippen LogP) is 4.14. The van der Waals surface area contributed by atoms with Crippen molar-refractivity contribution in [2.24, 2.45) is 0 Å². The van der Waals surface area contributed by atoms with E-state index in [1.54, 1.807) is 11.8 Å². The van der Waals surface area contributed by atoms with Crippen LogP contribution in [0.4, 0.5) is 0 Å². The van der Waals surface area contributed by atoms with Gasteiger partial charge in [0.05, 0.1) is 0 Å². The molecule has 0 unspecified atom stereocenters. The molecule has 0 atom stereocenters. The van der Waals surface area contributed by atoms with Crippen molar-refractivity contribution < 1.29 is 5.11 Å². The lowest BCUT2D eigenvalue weighted by Crippen LogP contribution is -2.11. The van der Waals surface area contributed by atoms with Crippen LogP contribution in [0.5, 0.6) is 5.75 Å². The molecule has 0 spiro atoms. The summed E-state index contributed by atoms with van der Waals surface area (Å²) < 4.78 is 0.0122. The van der Waals surface area contributed by atoms with Gasteiger partial charge in [-0.1, -0.05) is 24.3 Å². The summed E-state index contributed by atoms with van der Waals surface area (Å²) in [6, 6.07) is 11.9. The van der Waals surface area contributed by atoms with Crippen LogP contribution in [-0.4, -0.2) is 11.4 Å². The topological polar surface area (TPSA) is 20.2 Å². The van der Waals surface area contributed by atoms with Crippen LogP contribution in [-0.2, 0) is 4.75 Å².